The monoisotopic (exact) mass is 498 g/mol. The Morgan fingerprint density at radius 1 is 1.12 bits per heavy atom. The molecule has 1 aliphatic rings. The number of para-hydroxylation sites is 1. The molecule has 1 aliphatic heterocycles. The predicted molar refractivity (Wildman–Crippen MR) is 104 cm³/mol. The second-order valence-corrected chi connectivity index (χ2v) is 7.41. The molecule has 0 saturated carbocycles. The van der Waals surface area contributed by atoms with Crippen LogP contribution in [0.2, 0.25) is 5.02 Å². The predicted octanol–water partition coefficient (Wildman–Crippen LogP) is 4.24. The van der Waals surface area contributed by atoms with E-state index in [0.29, 0.717) is 8.95 Å². The zero-order valence-electron chi connectivity index (χ0n) is 12.8. The molecule has 1 saturated heterocycles. The highest BCUT2D eigenvalue weighted by Crippen LogP contribution is 2.34. The van der Waals surface area contributed by atoms with Gasteiger partial charge in [-0.05, 0) is 46.3 Å². The summed E-state index contributed by atoms with van der Waals surface area (Å²) in [6.07, 6.45) is 1.21. The highest BCUT2D eigenvalue weighted by atomic mass is 79.9. The lowest BCUT2D eigenvalue weighted by molar-refractivity contribution is -0.122. The van der Waals surface area contributed by atoms with E-state index in [1.54, 1.807) is 18.2 Å². The number of benzene rings is 2. The molecule has 0 aromatic heterocycles. The molecule has 3 rings (SSSR count). The summed E-state index contributed by atoms with van der Waals surface area (Å²) in [5.74, 6) is -1.86. The van der Waals surface area contributed by atoms with Gasteiger partial charge in [0.15, 0.2) is 0 Å². The van der Waals surface area contributed by atoms with E-state index < -0.39 is 17.8 Å². The van der Waals surface area contributed by atoms with E-state index in [-0.39, 0.29) is 27.6 Å². The number of carbonyl (C=O) groups excluding carboxylic acids is 3. The third kappa shape index (κ3) is 3.40. The lowest BCUT2D eigenvalue weighted by atomic mass is 10.1. The minimum atomic E-state index is -0.898. The SMILES string of the molecule is O=C1NC(=O)N(c2ccccc2Cl)C(=O)/C1=C/c1cc(Br)cc(Br)c1O. The number of anilines is 1. The van der Waals surface area contributed by atoms with Crippen LogP contribution in [-0.2, 0) is 9.59 Å². The lowest BCUT2D eigenvalue weighted by Gasteiger charge is -2.27. The number of phenols is 1. The van der Waals surface area contributed by atoms with Crippen molar-refractivity contribution in [3.63, 3.8) is 0 Å². The van der Waals surface area contributed by atoms with Crippen molar-refractivity contribution in [1.29, 1.82) is 0 Å². The Hall–Kier alpha value is -2.16. The van der Waals surface area contributed by atoms with Crippen molar-refractivity contribution in [3.05, 3.63) is 61.5 Å². The van der Waals surface area contributed by atoms with Gasteiger partial charge in [-0.15, -0.1) is 0 Å². The Bertz CT molecular complexity index is 991. The quantitative estimate of drug-likeness (QED) is 0.477. The molecular formula is C17H9Br2ClN2O4. The second kappa shape index (κ2) is 7.22. The fourth-order valence-electron chi connectivity index (χ4n) is 2.36. The van der Waals surface area contributed by atoms with E-state index in [0.717, 1.165) is 4.90 Å². The average Bonchev–Trinajstić information content (AvgIpc) is 2.57. The number of hydrogen-bond acceptors (Lipinski definition) is 4. The molecule has 9 heteroatoms. The first-order valence-corrected chi connectivity index (χ1v) is 9.10. The zero-order valence-corrected chi connectivity index (χ0v) is 16.7. The molecule has 1 heterocycles. The number of imide groups is 2. The van der Waals surface area contributed by atoms with Crippen molar-refractivity contribution in [2.24, 2.45) is 0 Å². The highest BCUT2D eigenvalue weighted by Gasteiger charge is 2.37. The number of nitrogens with one attached hydrogen (secondary N) is 1. The minimum Gasteiger partial charge on any atom is -0.506 e. The van der Waals surface area contributed by atoms with Crippen LogP contribution in [0.5, 0.6) is 5.75 Å². The average molecular weight is 501 g/mol. The fourth-order valence-corrected chi connectivity index (χ4v) is 3.84. The van der Waals surface area contributed by atoms with Crippen molar-refractivity contribution in [3.8, 4) is 5.75 Å². The van der Waals surface area contributed by atoms with Gasteiger partial charge in [0, 0.05) is 10.0 Å². The van der Waals surface area contributed by atoms with Crippen molar-refractivity contribution >= 4 is 73.1 Å². The second-order valence-electron chi connectivity index (χ2n) is 5.23. The Kier molecular flexibility index (Phi) is 5.17. The molecule has 0 bridgehead atoms. The molecule has 2 N–H and O–H groups in total. The number of amides is 4. The summed E-state index contributed by atoms with van der Waals surface area (Å²) in [6.45, 7) is 0. The van der Waals surface area contributed by atoms with Gasteiger partial charge in [-0.3, -0.25) is 14.9 Å². The maximum Gasteiger partial charge on any atom is 0.335 e. The number of barbiturate groups is 1. The maximum absolute atomic E-state index is 12.8. The summed E-state index contributed by atoms with van der Waals surface area (Å²) < 4.78 is 0.998. The normalized spacial score (nSPS) is 16.2. The Balaban J connectivity index is 2.11. The maximum atomic E-state index is 12.8. The van der Waals surface area contributed by atoms with Gasteiger partial charge in [0.2, 0.25) is 0 Å². The van der Waals surface area contributed by atoms with Crippen LogP contribution in [0.25, 0.3) is 6.08 Å². The highest BCUT2D eigenvalue weighted by molar-refractivity contribution is 9.11. The van der Waals surface area contributed by atoms with Crippen molar-refractivity contribution < 1.29 is 19.5 Å². The summed E-state index contributed by atoms with van der Waals surface area (Å²) >= 11 is 12.5. The Morgan fingerprint density at radius 2 is 1.81 bits per heavy atom. The van der Waals surface area contributed by atoms with E-state index in [1.165, 1.54) is 24.3 Å². The number of aromatic hydroxyl groups is 1. The number of hydrogen-bond donors (Lipinski definition) is 2. The third-order valence-electron chi connectivity index (χ3n) is 3.55. The molecule has 0 atom stereocenters. The third-order valence-corrected chi connectivity index (χ3v) is 4.93. The first-order valence-electron chi connectivity index (χ1n) is 7.13. The van der Waals surface area contributed by atoms with Gasteiger partial charge >= 0.3 is 6.03 Å². The number of nitrogens with zero attached hydrogens (tertiary/aromatic N) is 1. The molecule has 2 aromatic carbocycles. The van der Waals surface area contributed by atoms with E-state index in [1.807, 2.05) is 0 Å². The van der Waals surface area contributed by atoms with Crippen molar-refractivity contribution in [1.82, 2.24) is 5.32 Å². The van der Waals surface area contributed by atoms with E-state index in [4.69, 9.17) is 11.6 Å². The van der Waals surface area contributed by atoms with E-state index in [9.17, 15) is 19.5 Å². The van der Waals surface area contributed by atoms with Crippen LogP contribution in [0.15, 0.2) is 50.9 Å². The summed E-state index contributed by atoms with van der Waals surface area (Å²) in [5.41, 5.74) is 0.0535. The molecule has 0 radical (unpaired) electrons. The standard InChI is InChI=1S/C17H9Br2ClN2O4/c18-9-5-8(14(23)11(19)7-9)6-10-15(24)21-17(26)22(16(10)25)13-4-2-1-3-12(13)20/h1-7,23H,(H,21,24,26)/b10-6+. The van der Waals surface area contributed by atoms with Crippen molar-refractivity contribution in [2.45, 2.75) is 0 Å². The Morgan fingerprint density at radius 3 is 2.50 bits per heavy atom. The summed E-state index contributed by atoms with van der Waals surface area (Å²) in [5, 5.41) is 12.4. The molecule has 26 heavy (non-hydrogen) atoms. The molecule has 0 aliphatic carbocycles. The summed E-state index contributed by atoms with van der Waals surface area (Å²) in [7, 11) is 0. The van der Waals surface area contributed by atoms with Gasteiger partial charge < -0.3 is 5.11 Å². The van der Waals surface area contributed by atoms with Gasteiger partial charge in [-0.2, -0.15) is 0 Å². The molecule has 0 unspecified atom stereocenters. The van der Waals surface area contributed by atoms with Crippen LogP contribution in [0, 0.1) is 0 Å². The first kappa shape index (κ1) is 18.6. The minimum absolute atomic E-state index is 0.148. The smallest absolute Gasteiger partial charge is 0.335 e. The van der Waals surface area contributed by atoms with Crippen LogP contribution in [0.4, 0.5) is 10.5 Å². The first-order chi connectivity index (χ1) is 12.3. The van der Waals surface area contributed by atoms with E-state index in [2.05, 4.69) is 37.2 Å². The van der Waals surface area contributed by atoms with Crippen molar-refractivity contribution in [2.75, 3.05) is 4.90 Å². The summed E-state index contributed by atoms with van der Waals surface area (Å²) in [6, 6.07) is 8.51. The number of phenolic OH excluding ortho intramolecular Hbond substituents is 1. The fraction of sp³-hybridized carbons (Fsp3) is 0. The molecule has 1 fully saturated rings. The Labute approximate surface area is 169 Å². The van der Waals surface area contributed by atoms with Crippen LogP contribution >= 0.6 is 43.5 Å². The lowest BCUT2D eigenvalue weighted by Crippen LogP contribution is -2.54. The number of halogens is 3. The van der Waals surface area contributed by atoms with Gasteiger partial charge in [-0.1, -0.05) is 39.7 Å². The molecule has 6 nitrogen and oxygen atoms in total. The topological polar surface area (TPSA) is 86.7 Å². The largest absolute Gasteiger partial charge is 0.506 e. The van der Waals surface area contributed by atoms with Gasteiger partial charge in [0.1, 0.15) is 11.3 Å². The van der Waals surface area contributed by atoms with Crippen LogP contribution in [0.1, 0.15) is 5.56 Å². The number of rotatable bonds is 2. The summed E-state index contributed by atoms with van der Waals surface area (Å²) in [4.78, 5) is 37.9. The molecule has 2 aromatic rings. The van der Waals surface area contributed by atoms with Crippen LogP contribution in [-0.4, -0.2) is 23.0 Å². The van der Waals surface area contributed by atoms with Crippen LogP contribution in [0.3, 0.4) is 0 Å². The van der Waals surface area contributed by atoms with Gasteiger partial charge in [0.05, 0.1) is 15.2 Å². The van der Waals surface area contributed by atoms with Gasteiger partial charge in [0.25, 0.3) is 11.8 Å². The van der Waals surface area contributed by atoms with Crippen LogP contribution < -0.4 is 10.2 Å². The van der Waals surface area contributed by atoms with Gasteiger partial charge in [-0.25, -0.2) is 9.69 Å². The number of carbonyl (C=O) groups is 3. The zero-order chi connectivity index (χ0) is 19.0. The molecule has 4 amide bonds. The molecule has 0 spiro atoms. The van der Waals surface area contributed by atoms with E-state index >= 15 is 0 Å². The number of urea groups is 1. The molecular weight excluding hydrogens is 491 g/mol. The molecule has 132 valence electrons.